The molecule has 0 saturated carbocycles. The van der Waals surface area contributed by atoms with Crippen molar-refractivity contribution < 1.29 is 4.74 Å². The number of hydrogen-bond acceptors (Lipinski definition) is 4. The van der Waals surface area contributed by atoms with Crippen molar-refractivity contribution in [2.75, 3.05) is 31.6 Å². The third-order valence-corrected chi connectivity index (χ3v) is 2.89. The van der Waals surface area contributed by atoms with Crippen LogP contribution in [0.15, 0.2) is 24.3 Å². The highest BCUT2D eigenvalue weighted by molar-refractivity contribution is 5.77. The van der Waals surface area contributed by atoms with Crippen LogP contribution in [-0.2, 0) is 4.74 Å². The van der Waals surface area contributed by atoms with Crippen molar-refractivity contribution in [2.45, 2.75) is 6.10 Å². The number of rotatable bonds is 3. The summed E-state index contributed by atoms with van der Waals surface area (Å²) in [7, 11) is 0. The van der Waals surface area contributed by atoms with E-state index in [9.17, 15) is 0 Å². The Labute approximate surface area is 99.6 Å². The molecule has 1 unspecified atom stereocenters. The first-order valence-corrected chi connectivity index (χ1v) is 5.93. The van der Waals surface area contributed by atoms with Crippen LogP contribution < -0.4 is 10.6 Å². The van der Waals surface area contributed by atoms with E-state index in [2.05, 4.69) is 20.6 Å². The molecule has 0 radical (unpaired) electrons. The van der Waals surface area contributed by atoms with Crippen LogP contribution in [0, 0.1) is 0 Å². The molecule has 5 heteroatoms. The van der Waals surface area contributed by atoms with Crippen LogP contribution in [0.3, 0.4) is 0 Å². The number of para-hydroxylation sites is 2. The second kappa shape index (κ2) is 4.73. The highest BCUT2D eigenvalue weighted by atomic mass is 16.5. The van der Waals surface area contributed by atoms with E-state index < -0.39 is 0 Å². The topological polar surface area (TPSA) is 62.0 Å². The van der Waals surface area contributed by atoms with Gasteiger partial charge in [0.2, 0.25) is 5.95 Å². The van der Waals surface area contributed by atoms with Gasteiger partial charge in [-0.25, -0.2) is 4.98 Å². The molecule has 1 aromatic carbocycles. The van der Waals surface area contributed by atoms with E-state index in [1.165, 1.54) is 0 Å². The highest BCUT2D eigenvalue weighted by Gasteiger charge is 2.13. The average Bonchev–Trinajstić information content (AvgIpc) is 2.80. The van der Waals surface area contributed by atoms with Crippen molar-refractivity contribution in [3.8, 4) is 0 Å². The molecule has 1 fully saturated rings. The number of morpholine rings is 1. The summed E-state index contributed by atoms with van der Waals surface area (Å²) in [4.78, 5) is 7.69. The van der Waals surface area contributed by atoms with E-state index in [1.54, 1.807) is 0 Å². The fourth-order valence-electron chi connectivity index (χ4n) is 2.00. The summed E-state index contributed by atoms with van der Waals surface area (Å²) in [6.45, 7) is 3.40. The van der Waals surface area contributed by atoms with Gasteiger partial charge < -0.3 is 20.4 Å². The first-order valence-electron chi connectivity index (χ1n) is 5.93. The summed E-state index contributed by atoms with van der Waals surface area (Å²) in [5, 5.41) is 6.57. The Morgan fingerprint density at radius 3 is 3.18 bits per heavy atom. The number of nitrogens with zero attached hydrogens (tertiary/aromatic N) is 1. The fourth-order valence-corrected chi connectivity index (χ4v) is 2.00. The molecule has 1 atom stereocenters. The Bertz CT molecular complexity index is 457. The number of H-pyrrole nitrogens is 1. The predicted molar refractivity (Wildman–Crippen MR) is 67.2 cm³/mol. The zero-order valence-electron chi connectivity index (χ0n) is 9.57. The Balaban J connectivity index is 1.64. The van der Waals surface area contributed by atoms with Gasteiger partial charge in [0, 0.05) is 19.6 Å². The van der Waals surface area contributed by atoms with Crippen LogP contribution in [0.25, 0.3) is 11.0 Å². The van der Waals surface area contributed by atoms with Gasteiger partial charge in [0.25, 0.3) is 0 Å². The van der Waals surface area contributed by atoms with Crippen molar-refractivity contribution >= 4 is 17.0 Å². The van der Waals surface area contributed by atoms with Crippen LogP contribution in [-0.4, -0.2) is 42.3 Å². The molecule has 90 valence electrons. The van der Waals surface area contributed by atoms with Crippen molar-refractivity contribution in [3.63, 3.8) is 0 Å². The van der Waals surface area contributed by atoms with Crippen LogP contribution >= 0.6 is 0 Å². The molecule has 1 aliphatic rings. The van der Waals surface area contributed by atoms with E-state index in [1.807, 2.05) is 24.3 Å². The number of benzene rings is 1. The van der Waals surface area contributed by atoms with Crippen molar-refractivity contribution in [1.29, 1.82) is 0 Å². The van der Waals surface area contributed by atoms with Gasteiger partial charge in [0.05, 0.1) is 23.7 Å². The monoisotopic (exact) mass is 232 g/mol. The van der Waals surface area contributed by atoms with E-state index in [4.69, 9.17) is 4.74 Å². The lowest BCUT2D eigenvalue weighted by Gasteiger charge is -2.23. The molecule has 17 heavy (non-hydrogen) atoms. The van der Waals surface area contributed by atoms with E-state index in [-0.39, 0.29) is 6.10 Å². The number of ether oxygens (including phenoxy) is 1. The number of imidazole rings is 1. The molecule has 0 spiro atoms. The standard InChI is InChI=1S/C12H16N4O/c1-2-4-11-10(3-1)15-12(16-11)14-8-9-7-13-5-6-17-9/h1-4,9,13H,5-8H2,(H2,14,15,16). The van der Waals surface area contributed by atoms with E-state index in [0.717, 1.165) is 43.2 Å². The molecular formula is C12H16N4O. The summed E-state index contributed by atoms with van der Waals surface area (Å²) >= 11 is 0. The molecule has 2 aromatic rings. The number of hydrogen-bond donors (Lipinski definition) is 3. The molecular weight excluding hydrogens is 216 g/mol. The second-order valence-corrected chi connectivity index (χ2v) is 4.18. The van der Waals surface area contributed by atoms with Gasteiger partial charge in [-0.2, -0.15) is 0 Å². The zero-order chi connectivity index (χ0) is 11.5. The summed E-state index contributed by atoms with van der Waals surface area (Å²) in [6, 6.07) is 8.00. The molecule has 1 aromatic heterocycles. The largest absolute Gasteiger partial charge is 0.374 e. The van der Waals surface area contributed by atoms with Crippen LogP contribution in [0.4, 0.5) is 5.95 Å². The average molecular weight is 232 g/mol. The summed E-state index contributed by atoms with van der Waals surface area (Å²) < 4.78 is 5.61. The van der Waals surface area contributed by atoms with Crippen LogP contribution in [0.1, 0.15) is 0 Å². The van der Waals surface area contributed by atoms with Gasteiger partial charge in [0.15, 0.2) is 0 Å². The third-order valence-electron chi connectivity index (χ3n) is 2.89. The van der Waals surface area contributed by atoms with Crippen molar-refractivity contribution in [1.82, 2.24) is 15.3 Å². The van der Waals surface area contributed by atoms with Crippen molar-refractivity contribution in [2.24, 2.45) is 0 Å². The SMILES string of the molecule is c1ccc2[nH]c(NCC3CNCCO3)nc2c1. The van der Waals surface area contributed by atoms with E-state index >= 15 is 0 Å². The molecule has 3 N–H and O–H groups in total. The van der Waals surface area contributed by atoms with Crippen LogP contribution in [0.5, 0.6) is 0 Å². The Morgan fingerprint density at radius 2 is 2.35 bits per heavy atom. The van der Waals surface area contributed by atoms with Gasteiger partial charge in [-0.05, 0) is 12.1 Å². The maximum Gasteiger partial charge on any atom is 0.201 e. The van der Waals surface area contributed by atoms with Gasteiger partial charge in [-0.3, -0.25) is 0 Å². The summed E-state index contributed by atoms with van der Waals surface area (Å²) in [6.07, 6.45) is 0.219. The molecule has 1 aliphatic heterocycles. The van der Waals surface area contributed by atoms with Crippen LogP contribution in [0.2, 0.25) is 0 Å². The van der Waals surface area contributed by atoms with Crippen molar-refractivity contribution in [3.05, 3.63) is 24.3 Å². The minimum atomic E-state index is 0.219. The molecule has 3 rings (SSSR count). The smallest absolute Gasteiger partial charge is 0.201 e. The zero-order valence-corrected chi connectivity index (χ0v) is 9.57. The summed E-state index contributed by atoms with van der Waals surface area (Å²) in [5.41, 5.74) is 2.04. The maximum atomic E-state index is 5.61. The lowest BCUT2D eigenvalue weighted by atomic mass is 10.3. The lowest BCUT2D eigenvalue weighted by molar-refractivity contribution is 0.0371. The predicted octanol–water partition coefficient (Wildman–Crippen LogP) is 0.963. The quantitative estimate of drug-likeness (QED) is 0.737. The lowest BCUT2D eigenvalue weighted by Crippen LogP contribution is -2.42. The fraction of sp³-hybridized carbons (Fsp3) is 0.417. The van der Waals surface area contributed by atoms with Gasteiger partial charge in [-0.15, -0.1) is 0 Å². The molecule has 0 bridgehead atoms. The number of fused-ring (bicyclic) bond motifs is 1. The molecule has 1 saturated heterocycles. The second-order valence-electron chi connectivity index (χ2n) is 4.18. The highest BCUT2D eigenvalue weighted by Crippen LogP contribution is 2.13. The minimum absolute atomic E-state index is 0.219. The molecule has 5 nitrogen and oxygen atoms in total. The van der Waals surface area contributed by atoms with E-state index in [0.29, 0.717) is 0 Å². The normalized spacial score (nSPS) is 20.6. The summed E-state index contributed by atoms with van der Waals surface area (Å²) in [5.74, 6) is 0.806. The van der Waals surface area contributed by atoms with Gasteiger partial charge >= 0.3 is 0 Å². The Hall–Kier alpha value is -1.59. The molecule has 0 amide bonds. The first-order chi connectivity index (χ1) is 8.42. The number of anilines is 1. The van der Waals surface area contributed by atoms with Gasteiger partial charge in [0.1, 0.15) is 0 Å². The Morgan fingerprint density at radius 1 is 1.41 bits per heavy atom. The number of aromatic amines is 1. The Kier molecular flexibility index (Phi) is 2.94. The number of nitrogens with one attached hydrogen (secondary N) is 3. The number of aromatic nitrogens is 2. The van der Waals surface area contributed by atoms with Gasteiger partial charge in [-0.1, -0.05) is 12.1 Å². The maximum absolute atomic E-state index is 5.61. The minimum Gasteiger partial charge on any atom is -0.374 e. The molecule has 0 aliphatic carbocycles. The first kappa shape index (κ1) is 10.6. The molecule has 2 heterocycles. The third kappa shape index (κ3) is 2.40.